The van der Waals surface area contributed by atoms with Crippen LogP contribution in [0.1, 0.15) is 22.9 Å². The Morgan fingerprint density at radius 3 is 2.65 bits per heavy atom. The molecule has 0 aliphatic heterocycles. The summed E-state index contributed by atoms with van der Waals surface area (Å²) in [4.78, 5) is 4.24. The highest BCUT2D eigenvalue weighted by Gasteiger charge is 2.05. The van der Waals surface area contributed by atoms with Crippen molar-refractivity contribution in [1.29, 1.82) is 0 Å². The first-order valence-electron chi connectivity index (χ1n) is 5.54. The second kappa shape index (κ2) is 5.10. The van der Waals surface area contributed by atoms with E-state index in [0.29, 0.717) is 24.5 Å². The summed E-state index contributed by atoms with van der Waals surface area (Å²) in [6, 6.07) is 6.71. The number of benzene rings is 1. The molecule has 0 atom stereocenters. The fourth-order valence-corrected chi connectivity index (χ4v) is 1.56. The van der Waals surface area contributed by atoms with E-state index >= 15 is 0 Å². The smallest absolute Gasteiger partial charge is 0.208 e. The molecular weight excluding hydrogens is 219 g/mol. The summed E-state index contributed by atoms with van der Waals surface area (Å²) in [5.41, 5.74) is 1.54. The predicted molar refractivity (Wildman–Crippen MR) is 62.9 cm³/mol. The maximum atomic E-state index is 13.3. The molecule has 0 bridgehead atoms. The molecule has 0 spiro atoms. The molecule has 0 saturated heterocycles. The number of hydrogen-bond donors (Lipinski definition) is 1. The monoisotopic (exact) mass is 234 g/mol. The maximum absolute atomic E-state index is 13.3. The summed E-state index contributed by atoms with van der Waals surface area (Å²) >= 11 is 0. The molecule has 3 nitrogen and oxygen atoms in total. The molecule has 1 aromatic carbocycles. The topological polar surface area (TPSA) is 38.1 Å². The molecule has 0 amide bonds. The minimum atomic E-state index is -0.195. The third kappa shape index (κ3) is 2.91. The molecule has 0 radical (unpaired) electrons. The Balaban J connectivity index is 1.90. The van der Waals surface area contributed by atoms with Crippen molar-refractivity contribution < 1.29 is 8.81 Å². The normalized spacial score (nSPS) is 10.8. The predicted octanol–water partition coefficient (Wildman–Crippen LogP) is 2.72. The molecule has 1 heterocycles. The summed E-state index contributed by atoms with van der Waals surface area (Å²) in [6.45, 7) is 4.75. The first-order chi connectivity index (χ1) is 8.16. The standard InChI is InChI=1S/C13H15FN2O/c1-9-10(2)17-13(16-9)8-15-7-11-5-3-4-6-12(11)14/h3-6,15H,7-8H2,1-2H3. The Morgan fingerprint density at radius 2 is 2.00 bits per heavy atom. The van der Waals surface area contributed by atoms with Crippen molar-refractivity contribution in [3.05, 3.63) is 53.0 Å². The van der Waals surface area contributed by atoms with E-state index in [1.54, 1.807) is 12.1 Å². The Bertz CT molecular complexity index is 488. The summed E-state index contributed by atoms with van der Waals surface area (Å²) in [6.07, 6.45) is 0. The van der Waals surface area contributed by atoms with Crippen LogP contribution in [0.3, 0.4) is 0 Å². The van der Waals surface area contributed by atoms with E-state index in [-0.39, 0.29) is 5.82 Å². The van der Waals surface area contributed by atoms with Crippen molar-refractivity contribution in [2.24, 2.45) is 0 Å². The van der Waals surface area contributed by atoms with Crippen molar-refractivity contribution >= 4 is 0 Å². The highest BCUT2D eigenvalue weighted by Crippen LogP contribution is 2.09. The van der Waals surface area contributed by atoms with Crippen molar-refractivity contribution in [2.75, 3.05) is 0 Å². The molecule has 0 fully saturated rings. The van der Waals surface area contributed by atoms with Gasteiger partial charge in [-0.1, -0.05) is 18.2 Å². The number of aryl methyl sites for hydroxylation is 2. The first kappa shape index (κ1) is 11.8. The zero-order valence-corrected chi connectivity index (χ0v) is 9.96. The van der Waals surface area contributed by atoms with Crippen LogP contribution < -0.4 is 5.32 Å². The van der Waals surface area contributed by atoms with Gasteiger partial charge in [0.1, 0.15) is 11.6 Å². The molecule has 4 heteroatoms. The molecule has 1 N–H and O–H groups in total. The molecule has 0 aliphatic rings. The van der Waals surface area contributed by atoms with Gasteiger partial charge in [0.25, 0.3) is 0 Å². The van der Waals surface area contributed by atoms with E-state index < -0.39 is 0 Å². The molecule has 90 valence electrons. The first-order valence-corrected chi connectivity index (χ1v) is 5.54. The number of oxazole rings is 1. The number of hydrogen-bond acceptors (Lipinski definition) is 3. The number of halogens is 1. The molecular formula is C13H15FN2O. The van der Waals surface area contributed by atoms with Crippen molar-refractivity contribution in [3.8, 4) is 0 Å². The molecule has 2 aromatic rings. The van der Waals surface area contributed by atoms with Gasteiger partial charge in [0.2, 0.25) is 5.89 Å². The number of nitrogens with zero attached hydrogens (tertiary/aromatic N) is 1. The minimum absolute atomic E-state index is 0.195. The second-order valence-corrected chi connectivity index (χ2v) is 3.94. The zero-order chi connectivity index (χ0) is 12.3. The molecule has 2 rings (SSSR count). The summed E-state index contributed by atoms with van der Waals surface area (Å²) in [5, 5.41) is 3.10. The maximum Gasteiger partial charge on any atom is 0.208 e. The SMILES string of the molecule is Cc1nc(CNCc2ccccc2F)oc1C. The molecule has 0 unspecified atom stereocenters. The van der Waals surface area contributed by atoms with E-state index in [1.807, 2.05) is 19.9 Å². The van der Waals surface area contributed by atoms with Crippen LogP contribution in [0.4, 0.5) is 4.39 Å². The van der Waals surface area contributed by atoms with E-state index in [0.717, 1.165) is 11.5 Å². The van der Waals surface area contributed by atoms with Gasteiger partial charge in [-0.2, -0.15) is 0 Å². The molecule has 0 aliphatic carbocycles. The van der Waals surface area contributed by atoms with E-state index in [9.17, 15) is 4.39 Å². The lowest BCUT2D eigenvalue weighted by atomic mass is 10.2. The van der Waals surface area contributed by atoms with E-state index in [4.69, 9.17) is 4.42 Å². The van der Waals surface area contributed by atoms with Crippen LogP contribution in [-0.4, -0.2) is 4.98 Å². The van der Waals surface area contributed by atoms with Crippen molar-refractivity contribution in [1.82, 2.24) is 10.3 Å². The average Bonchev–Trinajstić information content (AvgIpc) is 2.61. The fraction of sp³-hybridized carbons (Fsp3) is 0.308. The van der Waals surface area contributed by atoms with Crippen molar-refractivity contribution in [2.45, 2.75) is 26.9 Å². The summed E-state index contributed by atoms with van der Waals surface area (Å²) in [5.74, 6) is 1.27. The van der Waals surface area contributed by atoms with Gasteiger partial charge in [0, 0.05) is 12.1 Å². The Labute approximate surface area is 99.7 Å². The average molecular weight is 234 g/mol. The van der Waals surface area contributed by atoms with Gasteiger partial charge < -0.3 is 9.73 Å². The van der Waals surface area contributed by atoms with Crippen molar-refractivity contribution in [3.63, 3.8) is 0 Å². The van der Waals surface area contributed by atoms with Gasteiger partial charge in [-0.05, 0) is 19.9 Å². The number of rotatable bonds is 4. The van der Waals surface area contributed by atoms with Crippen LogP contribution in [-0.2, 0) is 13.1 Å². The number of aromatic nitrogens is 1. The molecule has 1 aromatic heterocycles. The van der Waals surface area contributed by atoms with Gasteiger partial charge in [0.15, 0.2) is 0 Å². The third-order valence-corrected chi connectivity index (χ3v) is 2.62. The highest BCUT2D eigenvalue weighted by atomic mass is 19.1. The Kier molecular flexibility index (Phi) is 3.54. The quantitative estimate of drug-likeness (QED) is 0.883. The highest BCUT2D eigenvalue weighted by molar-refractivity contribution is 5.17. The van der Waals surface area contributed by atoms with Crippen LogP contribution in [0.5, 0.6) is 0 Å². The summed E-state index contributed by atoms with van der Waals surface area (Å²) in [7, 11) is 0. The molecule has 17 heavy (non-hydrogen) atoms. The van der Waals surface area contributed by atoms with Crippen LogP contribution in [0.25, 0.3) is 0 Å². The van der Waals surface area contributed by atoms with Crippen LogP contribution in [0.2, 0.25) is 0 Å². The minimum Gasteiger partial charge on any atom is -0.444 e. The van der Waals surface area contributed by atoms with Gasteiger partial charge >= 0.3 is 0 Å². The van der Waals surface area contributed by atoms with Gasteiger partial charge in [0.05, 0.1) is 12.2 Å². The third-order valence-electron chi connectivity index (χ3n) is 2.62. The lowest BCUT2D eigenvalue weighted by Gasteiger charge is -2.03. The van der Waals surface area contributed by atoms with Crippen LogP contribution in [0.15, 0.2) is 28.7 Å². The lowest BCUT2D eigenvalue weighted by molar-refractivity contribution is 0.446. The van der Waals surface area contributed by atoms with E-state index in [2.05, 4.69) is 10.3 Å². The van der Waals surface area contributed by atoms with Crippen LogP contribution in [0, 0.1) is 19.7 Å². The largest absolute Gasteiger partial charge is 0.444 e. The Hall–Kier alpha value is -1.68. The summed E-state index contributed by atoms with van der Waals surface area (Å²) < 4.78 is 18.7. The zero-order valence-electron chi connectivity index (χ0n) is 9.96. The number of nitrogens with one attached hydrogen (secondary N) is 1. The van der Waals surface area contributed by atoms with E-state index in [1.165, 1.54) is 6.07 Å². The van der Waals surface area contributed by atoms with Gasteiger partial charge in [-0.15, -0.1) is 0 Å². The Morgan fingerprint density at radius 1 is 1.24 bits per heavy atom. The second-order valence-electron chi connectivity index (χ2n) is 3.94. The van der Waals surface area contributed by atoms with Gasteiger partial charge in [-0.25, -0.2) is 9.37 Å². The lowest BCUT2D eigenvalue weighted by Crippen LogP contribution is -2.13. The fourth-order valence-electron chi connectivity index (χ4n) is 1.56. The van der Waals surface area contributed by atoms with Crippen LogP contribution >= 0.6 is 0 Å². The van der Waals surface area contributed by atoms with Gasteiger partial charge in [-0.3, -0.25) is 0 Å². The molecule has 0 saturated carbocycles.